The highest BCUT2D eigenvalue weighted by atomic mass is 19.1. The number of benzene rings is 2. The van der Waals surface area contributed by atoms with E-state index >= 15 is 0 Å². The van der Waals surface area contributed by atoms with Crippen molar-refractivity contribution in [3.8, 4) is 11.3 Å². The van der Waals surface area contributed by atoms with Crippen molar-refractivity contribution in [2.75, 3.05) is 18.4 Å². The summed E-state index contributed by atoms with van der Waals surface area (Å²) in [6.07, 6.45) is 3.31. The molecule has 0 aliphatic carbocycles. The highest BCUT2D eigenvalue weighted by molar-refractivity contribution is 5.94. The fourth-order valence-electron chi connectivity index (χ4n) is 3.11. The Bertz CT molecular complexity index is 953. The minimum absolute atomic E-state index is 0.0516. The molecule has 0 atom stereocenters. The van der Waals surface area contributed by atoms with Crippen molar-refractivity contribution in [2.45, 2.75) is 26.7 Å². The topological polar surface area (TPSA) is 58.1 Å². The molecule has 0 spiro atoms. The average molecular weight is 392 g/mol. The number of carbonyl (C=O) groups excluding carboxylic acids is 1. The number of halogens is 1. The van der Waals surface area contributed by atoms with E-state index in [0.717, 1.165) is 31.6 Å². The Morgan fingerprint density at radius 1 is 1.00 bits per heavy atom. The van der Waals surface area contributed by atoms with E-state index in [4.69, 9.17) is 0 Å². The molecule has 29 heavy (non-hydrogen) atoms. The number of nitrogens with one attached hydrogen (secondary N) is 1. The summed E-state index contributed by atoms with van der Waals surface area (Å²) in [7, 11) is 0. The van der Waals surface area contributed by atoms with Crippen LogP contribution in [0.1, 0.15) is 37.0 Å². The van der Waals surface area contributed by atoms with Crippen LogP contribution in [0.3, 0.4) is 0 Å². The van der Waals surface area contributed by atoms with Gasteiger partial charge in [-0.25, -0.2) is 14.4 Å². The molecule has 0 saturated carbocycles. The van der Waals surface area contributed by atoms with Gasteiger partial charge < -0.3 is 10.2 Å². The molecule has 1 N–H and O–H groups in total. The van der Waals surface area contributed by atoms with Gasteiger partial charge in [0, 0.05) is 36.0 Å². The molecule has 0 fully saturated rings. The molecule has 3 aromatic rings. The Morgan fingerprint density at radius 2 is 1.72 bits per heavy atom. The quantitative estimate of drug-likeness (QED) is 0.566. The lowest BCUT2D eigenvalue weighted by atomic mass is 10.1. The van der Waals surface area contributed by atoms with Crippen LogP contribution in [0.15, 0.2) is 60.9 Å². The molecule has 0 aliphatic rings. The third kappa shape index (κ3) is 5.38. The molecule has 6 heteroatoms. The van der Waals surface area contributed by atoms with Gasteiger partial charge in [0.05, 0.1) is 5.69 Å². The second kappa shape index (κ2) is 9.78. The fraction of sp³-hybridized carbons (Fsp3) is 0.261. The minimum atomic E-state index is -0.309. The standard InChI is InChI=1S/C23H25FN4O/c1-3-12-28(13-4-2)23(29)17-8-10-20(11-9-17)27-22-15-21(25-16-26-22)18-6-5-7-19(24)14-18/h5-11,14-16H,3-4,12-13H2,1-2H3,(H,25,26,27). The predicted molar refractivity (Wildman–Crippen MR) is 114 cm³/mol. The summed E-state index contributed by atoms with van der Waals surface area (Å²) in [6, 6.07) is 15.4. The van der Waals surface area contributed by atoms with E-state index in [1.807, 2.05) is 29.2 Å². The Labute approximate surface area is 170 Å². The Balaban J connectivity index is 1.73. The number of nitrogens with zero attached hydrogens (tertiary/aromatic N) is 3. The predicted octanol–water partition coefficient (Wildman–Crippen LogP) is 5.29. The molecule has 1 amide bonds. The molecule has 0 radical (unpaired) electrons. The minimum Gasteiger partial charge on any atom is -0.340 e. The highest BCUT2D eigenvalue weighted by Crippen LogP contribution is 2.22. The van der Waals surface area contributed by atoms with Crippen molar-refractivity contribution in [1.29, 1.82) is 0 Å². The summed E-state index contributed by atoms with van der Waals surface area (Å²) in [5, 5.41) is 3.20. The van der Waals surface area contributed by atoms with Gasteiger partial charge >= 0.3 is 0 Å². The lowest BCUT2D eigenvalue weighted by molar-refractivity contribution is 0.0755. The second-order valence-electron chi connectivity index (χ2n) is 6.79. The first-order valence-corrected chi connectivity index (χ1v) is 9.85. The zero-order chi connectivity index (χ0) is 20.6. The van der Waals surface area contributed by atoms with Gasteiger partial charge in [0.1, 0.15) is 18.0 Å². The number of hydrogen-bond donors (Lipinski definition) is 1. The van der Waals surface area contributed by atoms with Crippen LogP contribution in [0.4, 0.5) is 15.9 Å². The van der Waals surface area contributed by atoms with Crippen molar-refractivity contribution in [3.63, 3.8) is 0 Å². The summed E-state index contributed by atoms with van der Waals surface area (Å²) in [5.74, 6) is 0.337. The van der Waals surface area contributed by atoms with Crippen LogP contribution in [0.2, 0.25) is 0 Å². The van der Waals surface area contributed by atoms with E-state index in [1.165, 1.54) is 18.5 Å². The molecule has 5 nitrogen and oxygen atoms in total. The van der Waals surface area contributed by atoms with Gasteiger partial charge in [-0.1, -0.05) is 26.0 Å². The van der Waals surface area contributed by atoms with Gasteiger partial charge in [0.2, 0.25) is 0 Å². The lowest BCUT2D eigenvalue weighted by Gasteiger charge is -2.21. The van der Waals surface area contributed by atoms with Crippen LogP contribution in [0.5, 0.6) is 0 Å². The number of carbonyl (C=O) groups is 1. The van der Waals surface area contributed by atoms with Gasteiger partial charge in [0.15, 0.2) is 0 Å². The van der Waals surface area contributed by atoms with Crippen LogP contribution in [-0.2, 0) is 0 Å². The normalized spacial score (nSPS) is 10.6. The maximum Gasteiger partial charge on any atom is 0.253 e. The first-order chi connectivity index (χ1) is 14.1. The molecule has 1 aromatic heterocycles. The number of amides is 1. The number of hydrogen-bond acceptors (Lipinski definition) is 4. The maximum absolute atomic E-state index is 13.5. The Hall–Kier alpha value is -3.28. The molecular weight excluding hydrogens is 367 g/mol. The molecule has 0 saturated heterocycles. The molecule has 0 unspecified atom stereocenters. The van der Waals surface area contributed by atoms with Crippen molar-refractivity contribution in [1.82, 2.24) is 14.9 Å². The van der Waals surface area contributed by atoms with Crippen LogP contribution >= 0.6 is 0 Å². The van der Waals surface area contributed by atoms with Gasteiger partial charge in [0.25, 0.3) is 5.91 Å². The number of anilines is 2. The zero-order valence-electron chi connectivity index (χ0n) is 16.7. The third-order valence-corrected chi connectivity index (χ3v) is 4.47. The molecule has 1 heterocycles. The van der Waals surface area contributed by atoms with E-state index in [0.29, 0.717) is 22.6 Å². The molecule has 0 bridgehead atoms. The number of aromatic nitrogens is 2. The van der Waals surface area contributed by atoms with Crippen molar-refractivity contribution in [2.24, 2.45) is 0 Å². The average Bonchev–Trinajstić information content (AvgIpc) is 2.74. The van der Waals surface area contributed by atoms with E-state index < -0.39 is 0 Å². The van der Waals surface area contributed by atoms with E-state index in [1.54, 1.807) is 18.2 Å². The van der Waals surface area contributed by atoms with Gasteiger partial charge in [-0.15, -0.1) is 0 Å². The summed E-state index contributed by atoms with van der Waals surface area (Å²) in [5.41, 5.74) is 2.79. The maximum atomic E-state index is 13.5. The van der Waals surface area contributed by atoms with Crippen LogP contribution in [0.25, 0.3) is 11.3 Å². The molecule has 3 rings (SSSR count). The molecule has 0 aliphatic heterocycles. The van der Waals surface area contributed by atoms with E-state index in [2.05, 4.69) is 29.1 Å². The fourth-order valence-corrected chi connectivity index (χ4v) is 3.11. The summed E-state index contributed by atoms with van der Waals surface area (Å²) in [6.45, 7) is 5.67. The van der Waals surface area contributed by atoms with E-state index in [-0.39, 0.29) is 11.7 Å². The Morgan fingerprint density at radius 3 is 2.38 bits per heavy atom. The Kier molecular flexibility index (Phi) is 6.89. The highest BCUT2D eigenvalue weighted by Gasteiger charge is 2.14. The summed E-state index contributed by atoms with van der Waals surface area (Å²) >= 11 is 0. The van der Waals surface area contributed by atoms with Crippen LogP contribution < -0.4 is 5.32 Å². The zero-order valence-corrected chi connectivity index (χ0v) is 16.7. The van der Waals surface area contributed by atoms with Crippen molar-refractivity contribution < 1.29 is 9.18 Å². The monoisotopic (exact) mass is 392 g/mol. The van der Waals surface area contributed by atoms with Gasteiger partial charge in [-0.2, -0.15) is 0 Å². The third-order valence-electron chi connectivity index (χ3n) is 4.47. The molecule has 150 valence electrons. The van der Waals surface area contributed by atoms with Crippen LogP contribution in [0, 0.1) is 5.82 Å². The first kappa shape index (κ1) is 20.5. The second-order valence-corrected chi connectivity index (χ2v) is 6.79. The lowest BCUT2D eigenvalue weighted by Crippen LogP contribution is -2.32. The van der Waals surface area contributed by atoms with Crippen molar-refractivity contribution >= 4 is 17.4 Å². The molecular formula is C23H25FN4O. The number of rotatable bonds is 8. The van der Waals surface area contributed by atoms with Gasteiger partial charge in [-0.05, 0) is 49.2 Å². The summed E-state index contributed by atoms with van der Waals surface area (Å²) in [4.78, 5) is 23.0. The smallest absolute Gasteiger partial charge is 0.253 e. The molecule has 2 aromatic carbocycles. The van der Waals surface area contributed by atoms with E-state index in [9.17, 15) is 9.18 Å². The largest absolute Gasteiger partial charge is 0.340 e. The SMILES string of the molecule is CCCN(CCC)C(=O)c1ccc(Nc2cc(-c3cccc(F)c3)ncn2)cc1. The summed E-state index contributed by atoms with van der Waals surface area (Å²) < 4.78 is 13.5. The van der Waals surface area contributed by atoms with Gasteiger partial charge in [-0.3, -0.25) is 4.79 Å². The van der Waals surface area contributed by atoms with Crippen LogP contribution in [-0.4, -0.2) is 33.9 Å². The first-order valence-electron chi connectivity index (χ1n) is 9.85. The van der Waals surface area contributed by atoms with Crippen molar-refractivity contribution in [3.05, 3.63) is 72.3 Å².